The lowest BCUT2D eigenvalue weighted by Crippen LogP contribution is -2.07. The number of benzene rings is 1. The van der Waals surface area contributed by atoms with Crippen LogP contribution in [-0.2, 0) is 9.53 Å². The lowest BCUT2D eigenvalue weighted by Gasteiger charge is -2.08. The summed E-state index contributed by atoms with van der Waals surface area (Å²) in [5.41, 5.74) is 2.71. The molecular formula is C20H18N2O2S. The molecular weight excluding hydrogens is 332 g/mol. The molecule has 0 N–H and O–H groups in total. The number of hydrogen-bond donors (Lipinski definition) is 0. The molecule has 1 atom stereocenters. The Balaban J connectivity index is 1.95. The molecule has 4 nitrogen and oxygen atoms in total. The standard InChI is InChI=1S/C20H18N2O2S/c1-3-24-19(23)8-13(2)18-9-16-11-22-12-17(20(16)25-18)15-6-4-14(10-21)5-7-15/h4-7,9,11-13H,3,8H2,1-2H3/t13-/m1/s1. The van der Waals surface area contributed by atoms with Gasteiger partial charge in [-0.15, -0.1) is 11.3 Å². The van der Waals surface area contributed by atoms with Gasteiger partial charge < -0.3 is 4.74 Å². The number of carbonyl (C=O) groups is 1. The molecule has 0 aliphatic rings. The fourth-order valence-corrected chi connectivity index (χ4v) is 3.94. The molecule has 5 heteroatoms. The number of hydrogen-bond acceptors (Lipinski definition) is 5. The second-order valence-corrected chi connectivity index (χ2v) is 6.94. The van der Waals surface area contributed by atoms with Crippen LogP contribution in [0.25, 0.3) is 21.2 Å². The first-order chi connectivity index (χ1) is 12.1. The summed E-state index contributed by atoms with van der Waals surface area (Å²) in [6.07, 6.45) is 4.07. The summed E-state index contributed by atoms with van der Waals surface area (Å²) >= 11 is 1.68. The monoisotopic (exact) mass is 350 g/mol. The molecule has 0 spiro atoms. The predicted octanol–water partition coefficient (Wildman–Crippen LogP) is 4.89. The Bertz CT molecular complexity index is 938. The molecule has 1 aromatic carbocycles. The van der Waals surface area contributed by atoms with Gasteiger partial charge in [-0.1, -0.05) is 19.1 Å². The minimum absolute atomic E-state index is 0.102. The summed E-state index contributed by atoms with van der Waals surface area (Å²) in [5, 5.41) is 10.0. The molecule has 2 heterocycles. The van der Waals surface area contributed by atoms with E-state index in [1.807, 2.05) is 50.5 Å². The van der Waals surface area contributed by atoms with Gasteiger partial charge in [0.25, 0.3) is 0 Å². The number of carbonyl (C=O) groups excluding carboxylic acids is 1. The van der Waals surface area contributed by atoms with E-state index >= 15 is 0 Å². The van der Waals surface area contributed by atoms with Crippen LogP contribution in [0, 0.1) is 11.3 Å². The summed E-state index contributed by atoms with van der Waals surface area (Å²) in [6, 6.07) is 11.7. The molecule has 0 bridgehead atoms. The highest BCUT2D eigenvalue weighted by molar-refractivity contribution is 7.19. The van der Waals surface area contributed by atoms with Gasteiger partial charge in [-0.05, 0) is 30.7 Å². The predicted molar refractivity (Wildman–Crippen MR) is 99.4 cm³/mol. The average Bonchev–Trinajstić information content (AvgIpc) is 3.06. The van der Waals surface area contributed by atoms with Crippen LogP contribution in [0.3, 0.4) is 0 Å². The minimum atomic E-state index is -0.169. The van der Waals surface area contributed by atoms with E-state index in [-0.39, 0.29) is 11.9 Å². The molecule has 25 heavy (non-hydrogen) atoms. The van der Waals surface area contributed by atoms with Crippen molar-refractivity contribution >= 4 is 27.4 Å². The topological polar surface area (TPSA) is 63.0 Å². The number of rotatable bonds is 5. The Morgan fingerprint density at radius 2 is 2.08 bits per heavy atom. The number of thiophene rings is 1. The van der Waals surface area contributed by atoms with Gasteiger partial charge in [0.2, 0.25) is 0 Å². The summed E-state index contributed by atoms with van der Waals surface area (Å²) in [6.45, 7) is 4.26. The number of pyridine rings is 1. The van der Waals surface area contributed by atoms with Crippen molar-refractivity contribution in [2.75, 3.05) is 6.61 Å². The van der Waals surface area contributed by atoms with Gasteiger partial charge >= 0.3 is 5.97 Å². The highest BCUT2D eigenvalue weighted by atomic mass is 32.1. The highest BCUT2D eigenvalue weighted by Gasteiger charge is 2.16. The fourth-order valence-electron chi connectivity index (χ4n) is 2.73. The average molecular weight is 350 g/mol. The molecule has 0 aliphatic carbocycles. The summed E-state index contributed by atoms with van der Waals surface area (Å²) in [5.74, 6) is -0.0665. The zero-order chi connectivity index (χ0) is 17.8. The normalized spacial score (nSPS) is 11.9. The van der Waals surface area contributed by atoms with Gasteiger partial charge in [0.05, 0.1) is 24.7 Å². The fraction of sp³-hybridized carbons (Fsp3) is 0.250. The van der Waals surface area contributed by atoms with Crippen LogP contribution in [-0.4, -0.2) is 17.6 Å². The largest absolute Gasteiger partial charge is 0.466 e. The van der Waals surface area contributed by atoms with Crippen LogP contribution >= 0.6 is 11.3 Å². The molecule has 0 aliphatic heterocycles. The lowest BCUT2D eigenvalue weighted by atomic mass is 10.0. The van der Waals surface area contributed by atoms with E-state index in [9.17, 15) is 4.79 Å². The maximum atomic E-state index is 11.7. The van der Waals surface area contributed by atoms with Crippen molar-refractivity contribution < 1.29 is 9.53 Å². The van der Waals surface area contributed by atoms with Gasteiger partial charge in [-0.3, -0.25) is 9.78 Å². The SMILES string of the molecule is CCOC(=O)C[C@@H](C)c1cc2cncc(-c3ccc(C#N)cc3)c2s1. The van der Waals surface area contributed by atoms with Crippen LogP contribution in [0.2, 0.25) is 0 Å². The van der Waals surface area contributed by atoms with Crippen molar-refractivity contribution in [2.24, 2.45) is 0 Å². The van der Waals surface area contributed by atoms with E-state index < -0.39 is 0 Å². The molecule has 0 unspecified atom stereocenters. The highest BCUT2D eigenvalue weighted by Crippen LogP contribution is 2.37. The van der Waals surface area contributed by atoms with Crippen LogP contribution in [0.15, 0.2) is 42.7 Å². The second-order valence-electron chi connectivity index (χ2n) is 5.85. The summed E-state index contributed by atoms with van der Waals surface area (Å²) in [4.78, 5) is 17.2. The molecule has 0 saturated heterocycles. The second kappa shape index (κ2) is 7.45. The summed E-state index contributed by atoms with van der Waals surface area (Å²) in [7, 11) is 0. The van der Waals surface area contributed by atoms with Crippen molar-refractivity contribution in [1.29, 1.82) is 5.26 Å². The number of fused-ring (bicyclic) bond motifs is 1. The summed E-state index contributed by atoms with van der Waals surface area (Å²) < 4.78 is 6.19. The maximum absolute atomic E-state index is 11.7. The molecule has 2 aromatic heterocycles. The Hall–Kier alpha value is -2.71. The first kappa shape index (κ1) is 17.1. The van der Waals surface area contributed by atoms with Gasteiger partial charge in [0.15, 0.2) is 0 Å². The van der Waals surface area contributed by atoms with Crippen molar-refractivity contribution in [1.82, 2.24) is 4.98 Å². The van der Waals surface area contributed by atoms with E-state index in [0.29, 0.717) is 18.6 Å². The number of aromatic nitrogens is 1. The van der Waals surface area contributed by atoms with Crippen LogP contribution < -0.4 is 0 Å². The van der Waals surface area contributed by atoms with E-state index in [1.165, 1.54) is 0 Å². The molecule has 0 amide bonds. The number of ether oxygens (including phenoxy) is 1. The molecule has 0 fully saturated rings. The Labute approximate surface area is 150 Å². The van der Waals surface area contributed by atoms with E-state index in [0.717, 1.165) is 26.1 Å². The number of nitriles is 1. The van der Waals surface area contributed by atoms with Crippen LogP contribution in [0.1, 0.15) is 36.6 Å². The molecule has 0 saturated carbocycles. The third kappa shape index (κ3) is 3.70. The van der Waals surface area contributed by atoms with E-state index in [4.69, 9.17) is 10.00 Å². The van der Waals surface area contributed by atoms with Crippen molar-refractivity contribution in [2.45, 2.75) is 26.2 Å². The van der Waals surface area contributed by atoms with Gasteiger partial charge in [0, 0.05) is 38.8 Å². The lowest BCUT2D eigenvalue weighted by molar-refractivity contribution is -0.143. The van der Waals surface area contributed by atoms with Crippen molar-refractivity contribution in [3.8, 4) is 17.2 Å². The van der Waals surface area contributed by atoms with Crippen molar-refractivity contribution in [3.63, 3.8) is 0 Å². The molecule has 3 rings (SSSR count). The first-order valence-electron chi connectivity index (χ1n) is 8.16. The Morgan fingerprint density at radius 1 is 1.32 bits per heavy atom. The van der Waals surface area contributed by atoms with Gasteiger partial charge in [-0.25, -0.2) is 0 Å². The minimum Gasteiger partial charge on any atom is -0.466 e. The molecule has 3 aromatic rings. The molecule has 0 radical (unpaired) electrons. The molecule has 126 valence electrons. The van der Waals surface area contributed by atoms with Gasteiger partial charge in [0.1, 0.15) is 0 Å². The van der Waals surface area contributed by atoms with Crippen LogP contribution in [0.5, 0.6) is 0 Å². The quantitative estimate of drug-likeness (QED) is 0.615. The number of nitrogens with zero attached hydrogens (tertiary/aromatic N) is 2. The Morgan fingerprint density at radius 3 is 2.76 bits per heavy atom. The first-order valence-corrected chi connectivity index (χ1v) is 8.97. The zero-order valence-electron chi connectivity index (χ0n) is 14.2. The van der Waals surface area contributed by atoms with E-state index in [2.05, 4.69) is 17.1 Å². The van der Waals surface area contributed by atoms with Crippen LogP contribution in [0.4, 0.5) is 0 Å². The van der Waals surface area contributed by atoms with E-state index in [1.54, 1.807) is 11.3 Å². The third-order valence-corrected chi connectivity index (χ3v) is 5.45. The third-order valence-electron chi connectivity index (χ3n) is 4.03. The number of esters is 1. The Kier molecular flexibility index (Phi) is 5.11. The van der Waals surface area contributed by atoms with Gasteiger partial charge in [-0.2, -0.15) is 5.26 Å². The maximum Gasteiger partial charge on any atom is 0.306 e. The van der Waals surface area contributed by atoms with Crippen molar-refractivity contribution in [3.05, 3.63) is 53.2 Å². The smallest absolute Gasteiger partial charge is 0.306 e. The zero-order valence-corrected chi connectivity index (χ0v) is 15.0.